The number of rotatable bonds is 4. The maximum Gasteiger partial charge on any atom is 0.277 e. The van der Waals surface area contributed by atoms with E-state index in [0.717, 1.165) is 16.9 Å². The summed E-state index contributed by atoms with van der Waals surface area (Å²) in [6.45, 7) is 5.56. The number of carbonyl (C=O) groups excluding carboxylic acids is 1. The highest BCUT2D eigenvalue weighted by Crippen LogP contribution is 2.24. The Kier molecular flexibility index (Phi) is 4.21. The second-order valence-corrected chi connectivity index (χ2v) is 4.80. The van der Waals surface area contributed by atoms with E-state index in [-0.39, 0.29) is 16.9 Å². The number of hydrogen-bond acceptors (Lipinski definition) is 4. The third-order valence-electron chi connectivity index (χ3n) is 3.34. The van der Waals surface area contributed by atoms with E-state index in [9.17, 15) is 9.59 Å². The molecule has 0 aliphatic heterocycles. The molecule has 1 heterocycles. The Hall–Kier alpha value is -2.43. The molecule has 0 fully saturated rings. The third-order valence-corrected chi connectivity index (χ3v) is 3.34. The van der Waals surface area contributed by atoms with Crippen molar-refractivity contribution in [1.82, 2.24) is 9.78 Å². The summed E-state index contributed by atoms with van der Waals surface area (Å²) in [4.78, 5) is 23.7. The maximum absolute atomic E-state index is 12.1. The topological polar surface area (TPSA) is 61.2 Å². The Bertz CT molecular complexity index is 748. The molecule has 2 rings (SSSR count). The van der Waals surface area contributed by atoms with E-state index >= 15 is 0 Å². The second kappa shape index (κ2) is 5.91. The standard InChI is InChI=1S/C16H18N2O3/c1-5-18-16(20)13(11(3)19)9-14(17-18)12-6-7-15(21-4)10(2)8-12/h6-9H,5H2,1-4H3. The summed E-state index contributed by atoms with van der Waals surface area (Å²) in [5.41, 5.74) is 2.23. The van der Waals surface area contributed by atoms with E-state index in [1.807, 2.05) is 32.0 Å². The second-order valence-electron chi connectivity index (χ2n) is 4.80. The van der Waals surface area contributed by atoms with E-state index < -0.39 is 0 Å². The monoisotopic (exact) mass is 286 g/mol. The first-order chi connectivity index (χ1) is 9.97. The van der Waals surface area contributed by atoms with Crippen LogP contribution in [0.25, 0.3) is 11.3 Å². The Labute approximate surface area is 123 Å². The average molecular weight is 286 g/mol. The predicted molar refractivity (Wildman–Crippen MR) is 80.9 cm³/mol. The van der Waals surface area contributed by atoms with Crippen molar-refractivity contribution in [2.45, 2.75) is 27.3 Å². The molecule has 5 nitrogen and oxygen atoms in total. The first-order valence-corrected chi connectivity index (χ1v) is 6.76. The molecule has 0 atom stereocenters. The van der Waals surface area contributed by atoms with E-state index in [2.05, 4.69) is 5.10 Å². The molecular formula is C16H18N2O3. The van der Waals surface area contributed by atoms with Gasteiger partial charge in [0, 0.05) is 12.1 Å². The van der Waals surface area contributed by atoms with Crippen LogP contribution in [0.3, 0.4) is 0 Å². The van der Waals surface area contributed by atoms with Crippen LogP contribution in [0.4, 0.5) is 0 Å². The van der Waals surface area contributed by atoms with Gasteiger partial charge in [-0.15, -0.1) is 0 Å². The van der Waals surface area contributed by atoms with Crippen molar-refractivity contribution >= 4 is 5.78 Å². The van der Waals surface area contributed by atoms with Crippen molar-refractivity contribution in [3.8, 4) is 17.0 Å². The highest BCUT2D eigenvalue weighted by molar-refractivity contribution is 5.94. The number of benzene rings is 1. The molecule has 0 N–H and O–H groups in total. The van der Waals surface area contributed by atoms with Crippen LogP contribution in [-0.2, 0) is 6.54 Å². The minimum absolute atomic E-state index is 0.162. The van der Waals surface area contributed by atoms with Crippen LogP contribution in [0.1, 0.15) is 29.8 Å². The molecule has 21 heavy (non-hydrogen) atoms. The van der Waals surface area contributed by atoms with Gasteiger partial charge in [-0.25, -0.2) is 4.68 Å². The van der Waals surface area contributed by atoms with Crippen molar-refractivity contribution in [2.75, 3.05) is 7.11 Å². The fourth-order valence-electron chi connectivity index (χ4n) is 2.19. The summed E-state index contributed by atoms with van der Waals surface area (Å²) in [6.07, 6.45) is 0. The smallest absolute Gasteiger partial charge is 0.277 e. The lowest BCUT2D eigenvalue weighted by Crippen LogP contribution is -2.27. The first-order valence-electron chi connectivity index (χ1n) is 6.76. The maximum atomic E-state index is 12.1. The van der Waals surface area contributed by atoms with Gasteiger partial charge in [-0.3, -0.25) is 9.59 Å². The van der Waals surface area contributed by atoms with Crippen LogP contribution in [-0.4, -0.2) is 22.7 Å². The SMILES string of the molecule is CCn1nc(-c2ccc(OC)c(C)c2)cc(C(C)=O)c1=O. The van der Waals surface area contributed by atoms with Crippen LogP contribution >= 0.6 is 0 Å². The average Bonchev–Trinajstić information content (AvgIpc) is 2.47. The first kappa shape index (κ1) is 15.0. The Morgan fingerprint density at radius 2 is 2.05 bits per heavy atom. The molecule has 0 spiro atoms. The molecule has 110 valence electrons. The number of ketones is 1. The molecule has 5 heteroatoms. The fourth-order valence-corrected chi connectivity index (χ4v) is 2.19. The zero-order valence-corrected chi connectivity index (χ0v) is 12.6. The molecule has 0 saturated carbocycles. The summed E-state index contributed by atoms with van der Waals surface area (Å²) in [5.74, 6) is 0.533. The van der Waals surface area contributed by atoms with Gasteiger partial charge in [0.25, 0.3) is 5.56 Å². The third kappa shape index (κ3) is 2.86. The number of nitrogens with zero attached hydrogens (tertiary/aromatic N) is 2. The molecule has 0 aliphatic carbocycles. The fraction of sp³-hybridized carbons (Fsp3) is 0.312. The van der Waals surface area contributed by atoms with E-state index in [4.69, 9.17) is 4.74 Å². The quantitative estimate of drug-likeness (QED) is 0.810. The highest BCUT2D eigenvalue weighted by atomic mass is 16.5. The molecule has 1 aromatic carbocycles. The number of hydrogen-bond donors (Lipinski definition) is 0. The van der Waals surface area contributed by atoms with E-state index in [0.29, 0.717) is 12.2 Å². The van der Waals surface area contributed by atoms with Crippen molar-refractivity contribution < 1.29 is 9.53 Å². The van der Waals surface area contributed by atoms with Gasteiger partial charge in [0.1, 0.15) is 5.75 Å². The normalized spacial score (nSPS) is 10.5. The van der Waals surface area contributed by atoms with Crippen LogP contribution in [0.15, 0.2) is 29.1 Å². The van der Waals surface area contributed by atoms with Crippen molar-refractivity contribution in [3.05, 3.63) is 45.7 Å². The van der Waals surface area contributed by atoms with Crippen LogP contribution in [0.2, 0.25) is 0 Å². The number of carbonyl (C=O) groups is 1. The summed E-state index contributed by atoms with van der Waals surface area (Å²) in [6, 6.07) is 7.19. The van der Waals surface area contributed by atoms with Gasteiger partial charge in [-0.2, -0.15) is 5.10 Å². The molecule has 0 amide bonds. The minimum Gasteiger partial charge on any atom is -0.496 e. The van der Waals surface area contributed by atoms with Gasteiger partial charge >= 0.3 is 0 Å². The molecule has 0 radical (unpaired) electrons. The molecular weight excluding hydrogens is 268 g/mol. The van der Waals surface area contributed by atoms with Crippen LogP contribution in [0.5, 0.6) is 5.75 Å². The summed E-state index contributed by atoms with van der Waals surface area (Å²) in [7, 11) is 1.62. The van der Waals surface area contributed by atoms with Crippen LogP contribution < -0.4 is 10.3 Å². The lowest BCUT2D eigenvalue weighted by atomic mass is 10.1. The molecule has 0 bridgehead atoms. The van der Waals surface area contributed by atoms with Crippen LogP contribution in [0, 0.1) is 6.92 Å². The van der Waals surface area contributed by atoms with Gasteiger partial charge in [0.2, 0.25) is 0 Å². The summed E-state index contributed by atoms with van der Waals surface area (Å²) in [5, 5.41) is 4.31. The number of methoxy groups -OCH3 is 1. The van der Waals surface area contributed by atoms with E-state index in [1.54, 1.807) is 13.2 Å². The lowest BCUT2D eigenvalue weighted by Gasteiger charge is -2.10. The zero-order chi connectivity index (χ0) is 15.6. The van der Waals surface area contributed by atoms with Crippen molar-refractivity contribution in [3.63, 3.8) is 0 Å². The molecule has 1 aromatic heterocycles. The van der Waals surface area contributed by atoms with Gasteiger partial charge in [-0.1, -0.05) is 0 Å². The number of ether oxygens (including phenoxy) is 1. The van der Waals surface area contributed by atoms with Gasteiger partial charge < -0.3 is 4.74 Å². The predicted octanol–water partition coefficient (Wildman–Crippen LogP) is 2.45. The molecule has 0 saturated heterocycles. The molecule has 0 unspecified atom stereocenters. The largest absolute Gasteiger partial charge is 0.496 e. The van der Waals surface area contributed by atoms with E-state index in [1.165, 1.54) is 11.6 Å². The minimum atomic E-state index is -0.348. The zero-order valence-electron chi connectivity index (χ0n) is 12.6. The van der Waals surface area contributed by atoms with Gasteiger partial charge in [-0.05, 0) is 50.6 Å². The van der Waals surface area contributed by atoms with Crippen molar-refractivity contribution in [1.29, 1.82) is 0 Å². The molecule has 2 aromatic rings. The highest BCUT2D eigenvalue weighted by Gasteiger charge is 2.13. The Morgan fingerprint density at radius 3 is 2.57 bits per heavy atom. The number of Topliss-reactive ketones (excluding diaryl/α,β-unsaturated/α-hetero) is 1. The Morgan fingerprint density at radius 1 is 1.33 bits per heavy atom. The summed E-state index contributed by atoms with van der Waals surface area (Å²) < 4.78 is 6.54. The lowest BCUT2D eigenvalue weighted by molar-refractivity contribution is 0.101. The number of aromatic nitrogens is 2. The van der Waals surface area contributed by atoms with Crippen molar-refractivity contribution in [2.24, 2.45) is 0 Å². The van der Waals surface area contributed by atoms with Gasteiger partial charge in [0.15, 0.2) is 5.78 Å². The number of aryl methyl sites for hydroxylation is 2. The van der Waals surface area contributed by atoms with Gasteiger partial charge in [0.05, 0.1) is 18.4 Å². The Balaban J connectivity index is 2.64. The summed E-state index contributed by atoms with van der Waals surface area (Å²) >= 11 is 0. The molecule has 0 aliphatic rings.